The van der Waals surface area contributed by atoms with Crippen molar-refractivity contribution in [3.63, 3.8) is 0 Å². The average Bonchev–Trinajstić information content (AvgIpc) is 3.32. The summed E-state index contributed by atoms with van der Waals surface area (Å²) in [5, 5.41) is 20.3. The fraction of sp³-hybridized carbons (Fsp3) is 0.545. The molecule has 11 nitrogen and oxygen atoms in total. The van der Waals surface area contributed by atoms with Gasteiger partial charge in [0.15, 0.2) is 0 Å². The van der Waals surface area contributed by atoms with Crippen LogP contribution in [0.5, 0.6) is 0 Å². The van der Waals surface area contributed by atoms with Gasteiger partial charge in [-0.05, 0) is 30.0 Å². The molecule has 1 heterocycles. The number of rotatable bonds is 8. The standard InChI is InChI=1S/C22H31N5O6S/c1-26(2)22(29)18-10-14-5-3-4-6-17(14)21(18)25-20-7-8-24-13-27(20)33-16-9-15(19(28)11-16)12-32-34(23,30)31/h3-8,15-16,18-19,21,25,28H,9-13H2,1-2H3,(H2,23,30,31)/t15-,16+,18-,19-,21+/m1/s1. The lowest BCUT2D eigenvalue weighted by atomic mass is 9.99. The van der Waals surface area contributed by atoms with Gasteiger partial charge in [0, 0.05) is 32.6 Å². The van der Waals surface area contributed by atoms with Crippen molar-refractivity contribution in [1.82, 2.24) is 15.3 Å². The second-order valence-electron chi connectivity index (χ2n) is 9.07. The minimum atomic E-state index is -4.08. The zero-order valence-corrected chi connectivity index (χ0v) is 20.0. The molecule has 1 aliphatic heterocycles. The van der Waals surface area contributed by atoms with Crippen LogP contribution in [-0.2, 0) is 30.5 Å². The van der Waals surface area contributed by atoms with Gasteiger partial charge in [-0.1, -0.05) is 24.3 Å². The molecule has 0 bridgehead atoms. The Morgan fingerprint density at radius 3 is 2.82 bits per heavy atom. The normalized spacial score (nSPS) is 28.5. The van der Waals surface area contributed by atoms with E-state index >= 15 is 0 Å². The molecular formula is C22H31N5O6S. The number of carbonyl (C=O) groups is 1. The van der Waals surface area contributed by atoms with Crippen LogP contribution in [0.15, 0.2) is 41.2 Å². The highest BCUT2D eigenvalue weighted by Crippen LogP contribution is 2.38. The molecule has 0 radical (unpaired) electrons. The van der Waals surface area contributed by atoms with E-state index in [2.05, 4.69) is 14.5 Å². The van der Waals surface area contributed by atoms with E-state index in [-0.39, 0.29) is 37.2 Å². The molecule has 0 spiro atoms. The summed E-state index contributed by atoms with van der Waals surface area (Å²) in [6, 6.07) is 7.77. The molecule has 34 heavy (non-hydrogen) atoms. The fourth-order valence-corrected chi connectivity index (χ4v) is 5.15. The van der Waals surface area contributed by atoms with Gasteiger partial charge in [0.1, 0.15) is 12.5 Å². The number of benzene rings is 1. The van der Waals surface area contributed by atoms with Crippen molar-refractivity contribution in [1.29, 1.82) is 0 Å². The largest absolute Gasteiger partial charge is 0.393 e. The van der Waals surface area contributed by atoms with Crippen molar-refractivity contribution in [2.45, 2.75) is 37.5 Å². The number of aliphatic hydroxyl groups excluding tert-OH is 1. The van der Waals surface area contributed by atoms with E-state index in [1.807, 2.05) is 24.3 Å². The topological polar surface area (TPSA) is 147 Å². The highest BCUT2D eigenvalue weighted by atomic mass is 32.2. The number of amides is 1. The number of nitrogens with two attached hydrogens (primary N) is 1. The third-order valence-electron chi connectivity index (χ3n) is 6.45. The van der Waals surface area contributed by atoms with Crippen LogP contribution in [0.4, 0.5) is 0 Å². The molecule has 1 aromatic carbocycles. The second-order valence-corrected chi connectivity index (χ2v) is 10.3. The van der Waals surface area contributed by atoms with Gasteiger partial charge in [0.2, 0.25) is 5.91 Å². The molecule has 1 saturated carbocycles. The van der Waals surface area contributed by atoms with E-state index < -0.39 is 22.3 Å². The number of allylic oxidation sites excluding steroid dienone is 1. The van der Waals surface area contributed by atoms with Crippen LogP contribution in [0.1, 0.15) is 30.0 Å². The van der Waals surface area contributed by atoms with Crippen molar-refractivity contribution in [2.75, 3.05) is 27.4 Å². The maximum absolute atomic E-state index is 12.9. The summed E-state index contributed by atoms with van der Waals surface area (Å²) in [5.74, 6) is 0.0257. The summed E-state index contributed by atoms with van der Waals surface area (Å²) in [4.78, 5) is 24.9. The van der Waals surface area contributed by atoms with Gasteiger partial charge in [-0.2, -0.15) is 8.42 Å². The molecular weight excluding hydrogens is 462 g/mol. The predicted molar refractivity (Wildman–Crippen MR) is 124 cm³/mol. The first-order chi connectivity index (χ1) is 16.1. The number of hydrogen-bond donors (Lipinski definition) is 3. The Hall–Kier alpha value is -2.51. The summed E-state index contributed by atoms with van der Waals surface area (Å²) in [5.41, 5.74) is 2.21. The second kappa shape index (κ2) is 10.0. The molecule has 12 heteroatoms. The molecule has 3 aliphatic rings. The summed E-state index contributed by atoms with van der Waals surface area (Å²) in [6.45, 7) is 0.0383. The van der Waals surface area contributed by atoms with E-state index in [1.165, 1.54) is 0 Å². The molecule has 4 rings (SSSR count). The van der Waals surface area contributed by atoms with Crippen LogP contribution in [0.3, 0.4) is 0 Å². The zero-order valence-electron chi connectivity index (χ0n) is 19.2. The minimum absolute atomic E-state index is 0.0443. The molecule has 0 aromatic heterocycles. The molecule has 1 aromatic rings. The monoisotopic (exact) mass is 493 g/mol. The van der Waals surface area contributed by atoms with Crippen molar-refractivity contribution in [3.05, 3.63) is 47.3 Å². The van der Waals surface area contributed by atoms with E-state index in [0.717, 1.165) is 11.1 Å². The number of hydroxylamine groups is 2. The maximum atomic E-state index is 12.9. The Kier molecular flexibility index (Phi) is 7.24. The quantitative estimate of drug-likeness (QED) is 0.461. The Bertz CT molecular complexity index is 1080. The number of carbonyl (C=O) groups excluding carboxylic acids is 1. The molecule has 1 amide bonds. The third kappa shape index (κ3) is 5.58. The van der Waals surface area contributed by atoms with Crippen LogP contribution in [-0.4, -0.2) is 75.2 Å². The van der Waals surface area contributed by atoms with E-state index in [4.69, 9.17) is 9.98 Å². The summed E-state index contributed by atoms with van der Waals surface area (Å²) in [7, 11) is -0.565. The van der Waals surface area contributed by atoms with Gasteiger partial charge in [-0.15, -0.1) is 0 Å². The number of nitrogens with one attached hydrogen (secondary N) is 1. The SMILES string of the molecule is CN(C)C(=O)[C@@H]1Cc2ccccc2[C@@H]1NC1=CC=NCN1O[C@H]1C[C@H](COS(N)(=O)=O)[C@H](O)C1. The predicted octanol–water partition coefficient (Wildman–Crippen LogP) is 0.0543. The number of fused-ring (bicyclic) bond motifs is 1. The highest BCUT2D eigenvalue weighted by molar-refractivity contribution is 7.84. The molecule has 1 fully saturated rings. The van der Waals surface area contributed by atoms with Gasteiger partial charge < -0.3 is 15.3 Å². The van der Waals surface area contributed by atoms with Gasteiger partial charge in [0.05, 0.1) is 30.8 Å². The van der Waals surface area contributed by atoms with E-state index in [1.54, 1.807) is 36.3 Å². The van der Waals surface area contributed by atoms with Crippen LogP contribution < -0.4 is 10.5 Å². The van der Waals surface area contributed by atoms with Crippen LogP contribution in [0.25, 0.3) is 0 Å². The maximum Gasteiger partial charge on any atom is 0.333 e. The number of nitrogens with zero attached hydrogens (tertiary/aromatic N) is 3. The Labute approximate surface area is 199 Å². The van der Waals surface area contributed by atoms with Gasteiger partial charge >= 0.3 is 10.3 Å². The third-order valence-corrected chi connectivity index (χ3v) is 6.91. The first-order valence-corrected chi connectivity index (χ1v) is 12.6. The van der Waals surface area contributed by atoms with Crippen LogP contribution in [0.2, 0.25) is 0 Å². The first-order valence-electron chi connectivity index (χ1n) is 11.2. The summed E-state index contributed by atoms with van der Waals surface area (Å²) >= 11 is 0. The first kappa shape index (κ1) is 24.6. The number of aliphatic imine (C=N–C) groups is 1. The molecule has 0 saturated heterocycles. The molecule has 186 valence electrons. The van der Waals surface area contributed by atoms with Crippen molar-refractivity contribution in [3.8, 4) is 0 Å². The summed E-state index contributed by atoms with van der Waals surface area (Å²) < 4.78 is 26.8. The fourth-order valence-electron chi connectivity index (χ4n) is 4.79. The van der Waals surface area contributed by atoms with Crippen molar-refractivity contribution >= 4 is 22.4 Å². The lowest BCUT2D eigenvalue weighted by Gasteiger charge is -2.33. The Morgan fingerprint density at radius 1 is 1.32 bits per heavy atom. The molecule has 2 aliphatic carbocycles. The zero-order chi connectivity index (χ0) is 24.5. The van der Waals surface area contributed by atoms with E-state index in [0.29, 0.717) is 25.1 Å². The Morgan fingerprint density at radius 2 is 2.09 bits per heavy atom. The highest BCUT2D eigenvalue weighted by Gasteiger charge is 2.40. The summed E-state index contributed by atoms with van der Waals surface area (Å²) in [6.07, 6.45) is 3.69. The van der Waals surface area contributed by atoms with E-state index in [9.17, 15) is 18.3 Å². The molecule has 0 unspecified atom stereocenters. The molecule has 5 atom stereocenters. The molecule has 4 N–H and O–H groups in total. The number of aliphatic hydroxyl groups is 1. The van der Waals surface area contributed by atoms with Gasteiger partial charge in [-0.3, -0.25) is 18.8 Å². The van der Waals surface area contributed by atoms with Gasteiger partial charge in [-0.25, -0.2) is 10.2 Å². The number of hydrogen-bond acceptors (Lipinski definition) is 9. The smallest absolute Gasteiger partial charge is 0.333 e. The average molecular weight is 494 g/mol. The lowest BCUT2D eigenvalue weighted by molar-refractivity contribution is -0.178. The minimum Gasteiger partial charge on any atom is -0.393 e. The van der Waals surface area contributed by atoms with Crippen molar-refractivity contribution in [2.24, 2.45) is 22.0 Å². The van der Waals surface area contributed by atoms with Crippen molar-refractivity contribution < 1.29 is 27.3 Å². The Balaban J connectivity index is 1.45. The van der Waals surface area contributed by atoms with Crippen LogP contribution >= 0.6 is 0 Å². The van der Waals surface area contributed by atoms with Crippen LogP contribution in [0, 0.1) is 11.8 Å². The lowest BCUT2D eigenvalue weighted by Crippen LogP contribution is -2.42. The van der Waals surface area contributed by atoms with Gasteiger partial charge in [0.25, 0.3) is 0 Å².